The molecule has 0 bridgehead atoms. The lowest BCUT2D eigenvalue weighted by Gasteiger charge is -2.12. The molecule has 20 heavy (non-hydrogen) atoms. The lowest BCUT2D eigenvalue weighted by molar-refractivity contribution is 0.481. The van der Waals surface area contributed by atoms with Crippen LogP contribution in [0, 0.1) is 6.92 Å². The van der Waals surface area contributed by atoms with Crippen LogP contribution < -0.4 is 10.5 Å². The van der Waals surface area contributed by atoms with Crippen LogP contribution in [-0.2, 0) is 6.54 Å². The normalized spacial score (nSPS) is 10.7. The molecule has 3 rings (SSSR count). The zero-order valence-electron chi connectivity index (χ0n) is 11.3. The van der Waals surface area contributed by atoms with Crippen molar-refractivity contribution in [3.8, 4) is 11.5 Å². The Kier molecular flexibility index (Phi) is 3.35. The third-order valence-corrected chi connectivity index (χ3v) is 3.37. The first-order valence-electron chi connectivity index (χ1n) is 6.60. The second-order valence-electron chi connectivity index (χ2n) is 4.66. The summed E-state index contributed by atoms with van der Waals surface area (Å²) in [5.74, 6) is 1.60. The Morgan fingerprint density at radius 2 is 1.75 bits per heavy atom. The van der Waals surface area contributed by atoms with Gasteiger partial charge in [0.25, 0.3) is 0 Å². The summed E-state index contributed by atoms with van der Waals surface area (Å²) in [7, 11) is 0. The van der Waals surface area contributed by atoms with Gasteiger partial charge in [-0.3, -0.25) is 4.98 Å². The highest BCUT2D eigenvalue weighted by molar-refractivity contribution is 5.91. The van der Waals surface area contributed by atoms with Crippen LogP contribution in [0.2, 0.25) is 0 Å². The average Bonchev–Trinajstić information content (AvgIpc) is 2.50. The second kappa shape index (κ2) is 5.31. The highest BCUT2D eigenvalue weighted by Crippen LogP contribution is 2.32. The fourth-order valence-corrected chi connectivity index (χ4v) is 2.30. The Morgan fingerprint density at radius 3 is 2.50 bits per heavy atom. The quantitative estimate of drug-likeness (QED) is 0.782. The summed E-state index contributed by atoms with van der Waals surface area (Å²) in [5, 5.41) is 2.20. The van der Waals surface area contributed by atoms with E-state index >= 15 is 0 Å². The first-order chi connectivity index (χ1) is 9.79. The number of nitrogens with zero attached hydrogens (tertiary/aromatic N) is 1. The molecule has 0 unspecified atom stereocenters. The number of ether oxygens (including phenoxy) is 1. The van der Waals surface area contributed by atoms with Crippen molar-refractivity contribution in [1.82, 2.24) is 4.98 Å². The van der Waals surface area contributed by atoms with Crippen LogP contribution in [0.3, 0.4) is 0 Å². The lowest BCUT2D eigenvalue weighted by Crippen LogP contribution is -1.98. The van der Waals surface area contributed by atoms with Crippen molar-refractivity contribution in [2.24, 2.45) is 5.73 Å². The van der Waals surface area contributed by atoms with E-state index in [9.17, 15) is 0 Å². The zero-order valence-corrected chi connectivity index (χ0v) is 11.3. The van der Waals surface area contributed by atoms with Gasteiger partial charge in [0.2, 0.25) is 0 Å². The molecule has 0 radical (unpaired) electrons. The van der Waals surface area contributed by atoms with E-state index in [1.807, 2.05) is 43.3 Å². The molecule has 0 aliphatic rings. The molecule has 0 aliphatic carbocycles. The molecule has 1 heterocycles. The summed E-state index contributed by atoms with van der Waals surface area (Å²) in [6.07, 6.45) is 1.76. The molecule has 100 valence electrons. The number of hydrogen-bond acceptors (Lipinski definition) is 3. The molecule has 0 fully saturated rings. The molecular formula is C17H16N2O. The molecule has 0 spiro atoms. The molecule has 3 heteroatoms. The molecule has 0 saturated carbocycles. The zero-order chi connectivity index (χ0) is 13.9. The van der Waals surface area contributed by atoms with E-state index in [1.165, 1.54) is 0 Å². The smallest absolute Gasteiger partial charge is 0.148 e. The number of pyridine rings is 1. The van der Waals surface area contributed by atoms with Crippen LogP contribution in [0.15, 0.2) is 54.7 Å². The summed E-state index contributed by atoms with van der Waals surface area (Å²) in [4.78, 5) is 4.24. The van der Waals surface area contributed by atoms with Gasteiger partial charge in [-0.1, -0.05) is 30.3 Å². The minimum absolute atomic E-state index is 0.521. The maximum absolute atomic E-state index is 6.02. The summed E-state index contributed by atoms with van der Waals surface area (Å²) in [6, 6.07) is 15.9. The molecule has 2 N–H and O–H groups in total. The predicted molar refractivity (Wildman–Crippen MR) is 80.9 cm³/mol. The van der Waals surface area contributed by atoms with Gasteiger partial charge in [-0.2, -0.15) is 0 Å². The highest BCUT2D eigenvalue weighted by Gasteiger charge is 2.08. The summed E-state index contributed by atoms with van der Waals surface area (Å²) < 4.78 is 6.02. The van der Waals surface area contributed by atoms with Crippen molar-refractivity contribution in [2.75, 3.05) is 0 Å². The second-order valence-corrected chi connectivity index (χ2v) is 4.66. The van der Waals surface area contributed by atoms with Crippen LogP contribution in [0.1, 0.15) is 11.3 Å². The van der Waals surface area contributed by atoms with E-state index in [1.54, 1.807) is 6.20 Å². The SMILES string of the molecule is Cc1ncccc1Oc1ccc(CN)c2ccccc12. The molecule has 0 amide bonds. The standard InChI is InChI=1S/C17H16N2O/c1-12-16(7-4-10-19-12)20-17-9-8-13(11-18)14-5-2-3-6-15(14)17/h2-10H,11,18H2,1H3. The third kappa shape index (κ3) is 2.24. The summed E-state index contributed by atoms with van der Waals surface area (Å²) in [5.41, 5.74) is 7.79. The van der Waals surface area contributed by atoms with Crippen LogP contribution in [0.5, 0.6) is 11.5 Å². The van der Waals surface area contributed by atoms with Gasteiger partial charge in [0.1, 0.15) is 11.5 Å². The predicted octanol–water partition coefficient (Wildman–Crippen LogP) is 3.79. The number of hydrogen-bond donors (Lipinski definition) is 1. The number of rotatable bonds is 3. The molecule has 3 aromatic rings. The molecule has 1 aromatic heterocycles. The van der Waals surface area contributed by atoms with E-state index in [0.717, 1.165) is 33.5 Å². The fraction of sp³-hybridized carbons (Fsp3) is 0.118. The Morgan fingerprint density at radius 1 is 0.950 bits per heavy atom. The van der Waals surface area contributed by atoms with Crippen molar-refractivity contribution >= 4 is 10.8 Å². The third-order valence-electron chi connectivity index (χ3n) is 3.37. The van der Waals surface area contributed by atoms with Gasteiger partial charge in [-0.15, -0.1) is 0 Å². The van der Waals surface area contributed by atoms with Gasteiger partial charge < -0.3 is 10.5 Å². The maximum Gasteiger partial charge on any atom is 0.148 e. The van der Waals surface area contributed by atoms with Crippen molar-refractivity contribution in [2.45, 2.75) is 13.5 Å². The number of nitrogens with two attached hydrogens (primary N) is 1. The molecule has 0 aliphatic heterocycles. The van der Waals surface area contributed by atoms with Crippen molar-refractivity contribution < 1.29 is 4.74 Å². The number of aromatic nitrogens is 1. The number of fused-ring (bicyclic) bond motifs is 1. The van der Waals surface area contributed by atoms with Gasteiger partial charge >= 0.3 is 0 Å². The lowest BCUT2D eigenvalue weighted by atomic mass is 10.0. The Balaban J connectivity index is 2.11. The molecule has 3 nitrogen and oxygen atoms in total. The minimum atomic E-state index is 0.521. The molecule has 0 saturated heterocycles. The molecular weight excluding hydrogens is 248 g/mol. The van der Waals surface area contributed by atoms with Gasteiger partial charge in [-0.05, 0) is 36.1 Å². The highest BCUT2D eigenvalue weighted by atomic mass is 16.5. The summed E-state index contributed by atoms with van der Waals surface area (Å²) >= 11 is 0. The maximum atomic E-state index is 6.02. The van der Waals surface area contributed by atoms with Crippen molar-refractivity contribution in [1.29, 1.82) is 0 Å². The van der Waals surface area contributed by atoms with E-state index in [4.69, 9.17) is 10.5 Å². The van der Waals surface area contributed by atoms with E-state index < -0.39 is 0 Å². The van der Waals surface area contributed by atoms with Crippen LogP contribution >= 0.6 is 0 Å². The average molecular weight is 264 g/mol. The van der Waals surface area contributed by atoms with Crippen LogP contribution in [0.25, 0.3) is 10.8 Å². The first-order valence-corrected chi connectivity index (χ1v) is 6.60. The molecule has 2 aromatic carbocycles. The minimum Gasteiger partial charge on any atom is -0.455 e. The Bertz CT molecular complexity index is 753. The van der Waals surface area contributed by atoms with Crippen LogP contribution in [-0.4, -0.2) is 4.98 Å². The monoisotopic (exact) mass is 264 g/mol. The van der Waals surface area contributed by atoms with E-state index in [2.05, 4.69) is 17.1 Å². The topological polar surface area (TPSA) is 48.1 Å². The van der Waals surface area contributed by atoms with Gasteiger partial charge in [0, 0.05) is 18.1 Å². The number of benzene rings is 2. The van der Waals surface area contributed by atoms with Gasteiger partial charge in [-0.25, -0.2) is 0 Å². The van der Waals surface area contributed by atoms with Gasteiger partial charge in [0.05, 0.1) is 5.69 Å². The van der Waals surface area contributed by atoms with E-state index in [0.29, 0.717) is 6.54 Å². The number of aryl methyl sites for hydroxylation is 1. The van der Waals surface area contributed by atoms with Crippen LogP contribution in [0.4, 0.5) is 0 Å². The summed E-state index contributed by atoms with van der Waals surface area (Å²) in [6.45, 7) is 2.46. The van der Waals surface area contributed by atoms with Gasteiger partial charge in [0.15, 0.2) is 0 Å². The Hall–Kier alpha value is -2.39. The van der Waals surface area contributed by atoms with Crippen molar-refractivity contribution in [3.63, 3.8) is 0 Å². The molecule has 0 atom stereocenters. The Labute approximate surface area is 118 Å². The first kappa shape index (κ1) is 12.6. The fourth-order valence-electron chi connectivity index (χ4n) is 2.30. The van der Waals surface area contributed by atoms with Crippen molar-refractivity contribution in [3.05, 3.63) is 66.0 Å². The van der Waals surface area contributed by atoms with E-state index in [-0.39, 0.29) is 0 Å². The largest absolute Gasteiger partial charge is 0.455 e.